The van der Waals surface area contributed by atoms with Gasteiger partial charge in [-0.1, -0.05) is 0 Å². The first kappa shape index (κ1) is 14.8. The van der Waals surface area contributed by atoms with E-state index in [4.69, 9.17) is 5.11 Å². The van der Waals surface area contributed by atoms with Gasteiger partial charge in [0.1, 0.15) is 5.75 Å². The Morgan fingerprint density at radius 1 is 1.09 bits per heavy atom. The largest absolute Gasteiger partial charge is 0.573 e. The molecule has 0 amide bonds. The number of hydrogen-bond acceptors (Lipinski definition) is 4. The molecule has 9 heteroatoms. The molecular weight excluding hydrogens is 315 g/mol. The Bertz CT molecular complexity index is 872. The number of hydrogen-bond donors (Lipinski definition) is 1. The molecule has 0 aliphatic heterocycles. The first-order valence-electron chi connectivity index (χ1n) is 6.28. The highest BCUT2D eigenvalue weighted by Crippen LogP contribution is 2.26. The van der Waals surface area contributed by atoms with Crippen molar-refractivity contribution in [2.45, 2.75) is 6.36 Å². The first-order valence-corrected chi connectivity index (χ1v) is 6.28. The van der Waals surface area contributed by atoms with Crippen LogP contribution in [0.5, 0.6) is 5.75 Å². The monoisotopic (exact) mass is 323 g/mol. The molecule has 6 nitrogen and oxygen atoms in total. The Hall–Kier alpha value is -3.10. The van der Waals surface area contributed by atoms with Gasteiger partial charge < -0.3 is 9.84 Å². The van der Waals surface area contributed by atoms with E-state index in [2.05, 4.69) is 14.9 Å². The van der Waals surface area contributed by atoms with Crippen LogP contribution in [0.25, 0.3) is 17.0 Å². The molecule has 0 aliphatic carbocycles. The van der Waals surface area contributed by atoms with Gasteiger partial charge in [0.25, 0.3) is 0 Å². The van der Waals surface area contributed by atoms with Crippen molar-refractivity contribution in [1.29, 1.82) is 0 Å². The van der Waals surface area contributed by atoms with Gasteiger partial charge in [-0.05, 0) is 36.4 Å². The molecule has 0 unspecified atom stereocenters. The zero-order valence-electron chi connectivity index (χ0n) is 11.3. The fraction of sp³-hybridized carbons (Fsp3) is 0.0714. The highest BCUT2D eigenvalue weighted by Gasteiger charge is 2.31. The van der Waals surface area contributed by atoms with Gasteiger partial charge in [0.15, 0.2) is 11.5 Å². The third-order valence-corrected chi connectivity index (χ3v) is 3.00. The average Bonchev–Trinajstić information content (AvgIpc) is 2.89. The van der Waals surface area contributed by atoms with E-state index in [0.717, 1.165) is 12.1 Å². The summed E-state index contributed by atoms with van der Waals surface area (Å²) in [4.78, 5) is 11.0. The number of benzene rings is 1. The van der Waals surface area contributed by atoms with Crippen LogP contribution in [0.15, 0.2) is 42.6 Å². The smallest absolute Gasteiger partial charge is 0.478 e. The van der Waals surface area contributed by atoms with Gasteiger partial charge >= 0.3 is 12.3 Å². The second-order valence-corrected chi connectivity index (χ2v) is 4.55. The molecule has 2 heterocycles. The van der Waals surface area contributed by atoms with Crippen LogP contribution in [-0.2, 0) is 0 Å². The molecule has 118 valence electrons. The Balaban J connectivity index is 1.99. The number of carboxylic acids is 1. The molecule has 0 aliphatic rings. The lowest BCUT2D eigenvalue weighted by molar-refractivity contribution is -0.274. The minimum absolute atomic E-state index is 0.0376. The molecule has 0 radical (unpaired) electrons. The average molecular weight is 323 g/mol. The van der Waals surface area contributed by atoms with Gasteiger partial charge in [0.2, 0.25) is 0 Å². The number of fused-ring (bicyclic) bond motifs is 1. The molecule has 0 bridgehead atoms. The standard InChI is InChI=1S/C14H8F3N3O3/c15-14(16,17)23-10-4-1-8(2-5-10)12-19-18-11-6-3-9(13(21)22)7-20(11)12/h1-7H,(H,21,22). The minimum atomic E-state index is -4.76. The SMILES string of the molecule is O=C(O)c1ccc2nnc(-c3ccc(OC(F)(F)F)cc3)n2c1. The minimum Gasteiger partial charge on any atom is -0.478 e. The Kier molecular flexibility index (Phi) is 3.40. The van der Waals surface area contributed by atoms with Crippen LogP contribution in [0.3, 0.4) is 0 Å². The Morgan fingerprint density at radius 2 is 1.78 bits per heavy atom. The van der Waals surface area contributed by atoms with Crippen LogP contribution >= 0.6 is 0 Å². The number of alkyl halides is 3. The number of aromatic carboxylic acids is 1. The van der Waals surface area contributed by atoms with Crippen LogP contribution in [0.1, 0.15) is 10.4 Å². The summed E-state index contributed by atoms with van der Waals surface area (Å²) in [5.41, 5.74) is 0.922. The van der Waals surface area contributed by atoms with Crippen LogP contribution in [0.2, 0.25) is 0 Å². The Labute approximate surface area is 126 Å². The van der Waals surface area contributed by atoms with Gasteiger partial charge in [0.05, 0.1) is 5.56 Å². The van der Waals surface area contributed by atoms with E-state index in [1.807, 2.05) is 0 Å². The fourth-order valence-electron chi connectivity index (χ4n) is 2.02. The normalized spacial score (nSPS) is 11.6. The second-order valence-electron chi connectivity index (χ2n) is 4.55. The molecule has 0 saturated carbocycles. The quantitative estimate of drug-likeness (QED) is 0.802. The number of carboxylic acid groups (broad SMARTS) is 1. The van der Waals surface area contributed by atoms with Crippen molar-refractivity contribution >= 4 is 11.6 Å². The lowest BCUT2D eigenvalue weighted by atomic mass is 10.2. The Morgan fingerprint density at radius 3 is 2.39 bits per heavy atom. The van der Waals surface area contributed by atoms with Crippen molar-refractivity contribution in [3.63, 3.8) is 0 Å². The van der Waals surface area contributed by atoms with Crippen molar-refractivity contribution in [3.05, 3.63) is 48.2 Å². The van der Waals surface area contributed by atoms with Crippen molar-refractivity contribution in [3.8, 4) is 17.1 Å². The van der Waals surface area contributed by atoms with E-state index in [-0.39, 0.29) is 11.3 Å². The highest BCUT2D eigenvalue weighted by molar-refractivity contribution is 5.87. The number of pyridine rings is 1. The summed E-state index contributed by atoms with van der Waals surface area (Å²) in [6, 6.07) is 7.92. The van der Waals surface area contributed by atoms with Crippen molar-refractivity contribution < 1.29 is 27.8 Å². The maximum atomic E-state index is 12.1. The summed E-state index contributed by atoms with van der Waals surface area (Å²) >= 11 is 0. The molecule has 3 aromatic rings. The number of nitrogens with zero attached hydrogens (tertiary/aromatic N) is 3. The van der Waals surface area contributed by atoms with Crippen molar-refractivity contribution in [2.24, 2.45) is 0 Å². The third-order valence-electron chi connectivity index (χ3n) is 3.00. The first-order chi connectivity index (χ1) is 10.8. The molecule has 0 fully saturated rings. The second kappa shape index (κ2) is 5.27. The number of aromatic nitrogens is 3. The molecule has 1 N–H and O–H groups in total. The molecular formula is C14H8F3N3O3. The maximum absolute atomic E-state index is 12.1. The summed E-state index contributed by atoms with van der Waals surface area (Å²) < 4.78 is 41.7. The van der Waals surface area contributed by atoms with E-state index < -0.39 is 12.3 Å². The summed E-state index contributed by atoms with van der Waals surface area (Å²) in [5.74, 6) is -1.16. The van der Waals surface area contributed by atoms with E-state index in [9.17, 15) is 18.0 Å². The fourth-order valence-corrected chi connectivity index (χ4v) is 2.02. The lowest BCUT2D eigenvalue weighted by Crippen LogP contribution is -2.16. The van der Waals surface area contributed by atoms with Crippen molar-refractivity contribution in [2.75, 3.05) is 0 Å². The van der Waals surface area contributed by atoms with E-state index >= 15 is 0 Å². The number of ether oxygens (including phenoxy) is 1. The predicted molar refractivity (Wildman–Crippen MR) is 72.1 cm³/mol. The molecule has 23 heavy (non-hydrogen) atoms. The molecule has 1 aromatic carbocycles. The molecule has 0 atom stereocenters. The molecule has 0 saturated heterocycles. The third kappa shape index (κ3) is 3.07. The van der Waals surface area contributed by atoms with Crippen LogP contribution in [0.4, 0.5) is 13.2 Å². The van der Waals surface area contributed by atoms with E-state index in [0.29, 0.717) is 17.0 Å². The predicted octanol–water partition coefficient (Wildman–Crippen LogP) is 2.99. The van der Waals surface area contributed by atoms with Gasteiger partial charge in [-0.15, -0.1) is 23.4 Å². The van der Waals surface area contributed by atoms with Crippen LogP contribution in [0, 0.1) is 0 Å². The molecule has 3 rings (SSSR count). The van der Waals surface area contributed by atoms with E-state index in [1.165, 1.54) is 34.9 Å². The molecule has 2 aromatic heterocycles. The summed E-state index contributed by atoms with van der Waals surface area (Å²) in [5, 5.41) is 16.8. The molecule has 0 spiro atoms. The topological polar surface area (TPSA) is 76.7 Å². The van der Waals surface area contributed by atoms with Crippen LogP contribution < -0.4 is 4.74 Å². The number of halogens is 3. The van der Waals surface area contributed by atoms with Gasteiger partial charge in [-0.3, -0.25) is 4.40 Å². The van der Waals surface area contributed by atoms with Gasteiger partial charge in [-0.25, -0.2) is 4.79 Å². The maximum Gasteiger partial charge on any atom is 0.573 e. The summed E-state index contributed by atoms with van der Waals surface area (Å²) in [6.45, 7) is 0. The highest BCUT2D eigenvalue weighted by atomic mass is 19.4. The summed E-state index contributed by atoms with van der Waals surface area (Å²) in [6.07, 6.45) is -3.42. The van der Waals surface area contributed by atoms with Gasteiger partial charge in [-0.2, -0.15) is 0 Å². The van der Waals surface area contributed by atoms with Crippen molar-refractivity contribution in [1.82, 2.24) is 14.6 Å². The van der Waals surface area contributed by atoms with E-state index in [1.54, 1.807) is 0 Å². The number of rotatable bonds is 3. The zero-order chi connectivity index (χ0) is 16.6. The van der Waals surface area contributed by atoms with Gasteiger partial charge in [0, 0.05) is 11.8 Å². The zero-order valence-corrected chi connectivity index (χ0v) is 11.3. The summed E-state index contributed by atoms with van der Waals surface area (Å²) in [7, 11) is 0. The lowest BCUT2D eigenvalue weighted by Gasteiger charge is -2.09. The van der Waals surface area contributed by atoms with Crippen LogP contribution in [-0.4, -0.2) is 32.0 Å². The number of carbonyl (C=O) groups is 1.